The fourth-order valence-electron chi connectivity index (χ4n) is 2.43. The number of nitrogens with zero attached hydrogens (tertiary/aromatic N) is 1. The molecule has 3 rings (SSSR count). The van der Waals surface area contributed by atoms with Crippen LogP contribution in [0.4, 0.5) is 11.4 Å². The van der Waals surface area contributed by atoms with Gasteiger partial charge in [-0.1, -0.05) is 24.3 Å². The van der Waals surface area contributed by atoms with E-state index in [9.17, 15) is 0 Å². The van der Waals surface area contributed by atoms with Gasteiger partial charge in [-0.2, -0.15) is 0 Å². The third-order valence-electron chi connectivity index (χ3n) is 4.02. The summed E-state index contributed by atoms with van der Waals surface area (Å²) in [6.07, 6.45) is 2.68. The SMILES string of the molecule is Cc1cc(N(C)c2ccccc2)ccc1CNC1CC1. The number of para-hydroxylation sites is 1. The zero-order chi connectivity index (χ0) is 13.9. The lowest BCUT2D eigenvalue weighted by molar-refractivity contribution is 0.685. The monoisotopic (exact) mass is 266 g/mol. The largest absolute Gasteiger partial charge is 0.345 e. The van der Waals surface area contributed by atoms with Gasteiger partial charge < -0.3 is 10.2 Å². The van der Waals surface area contributed by atoms with E-state index in [1.807, 2.05) is 0 Å². The minimum Gasteiger partial charge on any atom is -0.345 e. The molecule has 0 unspecified atom stereocenters. The third kappa shape index (κ3) is 3.02. The Morgan fingerprint density at radius 2 is 1.80 bits per heavy atom. The van der Waals surface area contributed by atoms with Crippen LogP contribution in [0.15, 0.2) is 48.5 Å². The summed E-state index contributed by atoms with van der Waals surface area (Å²) in [4.78, 5) is 2.23. The average Bonchev–Trinajstić information content (AvgIpc) is 3.30. The highest BCUT2D eigenvalue weighted by Crippen LogP contribution is 2.26. The van der Waals surface area contributed by atoms with Gasteiger partial charge in [0.05, 0.1) is 0 Å². The molecule has 0 saturated heterocycles. The fraction of sp³-hybridized carbons (Fsp3) is 0.333. The van der Waals surface area contributed by atoms with Crippen LogP contribution in [0.25, 0.3) is 0 Å². The first-order valence-corrected chi connectivity index (χ1v) is 7.36. The maximum atomic E-state index is 3.58. The van der Waals surface area contributed by atoms with Gasteiger partial charge in [-0.3, -0.25) is 0 Å². The second-order valence-corrected chi connectivity index (χ2v) is 5.66. The molecule has 1 fully saturated rings. The first kappa shape index (κ1) is 13.2. The molecule has 0 heterocycles. The molecule has 0 aliphatic heterocycles. The number of benzene rings is 2. The van der Waals surface area contributed by atoms with E-state index in [1.165, 1.54) is 35.3 Å². The molecule has 0 aromatic heterocycles. The molecule has 0 amide bonds. The number of hydrogen-bond acceptors (Lipinski definition) is 2. The zero-order valence-electron chi connectivity index (χ0n) is 12.3. The van der Waals surface area contributed by atoms with Crippen LogP contribution in [0.5, 0.6) is 0 Å². The number of nitrogens with one attached hydrogen (secondary N) is 1. The second kappa shape index (κ2) is 5.68. The Labute approximate surface area is 121 Å². The Kier molecular flexibility index (Phi) is 3.75. The molecule has 0 bridgehead atoms. The highest BCUT2D eigenvalue weighted by Gasteiger charge is 2.20. The van der Waals surface area contributed by atoms with Gasteiger partial charge >= 0.3 is 0 Å². The summed E-state index contributed by atoms with van der Waals surface area (Å²) in [5.74, 6) is 0. The van der Waals surface area contributed by atoms with Gasteiger partial charge in [0.15, 0.2) is 0 Å². The molecule has 0 radical (unpaired) electrons. The molecule has 2 aromatic carbocycles. The molecule has 2 nitrogen and oxygen atoms in total. The quantitative estimate of drug-likeness (QED) is 0.879. The van der Waals surface area contributed by atoms with Crippen molar-refractivity contribution in [1.29, 1.82) is 0 Å². The number of anilines is 2. The minimum absolute atomic E-state index is 0.765. The molecule has 104 valence electrons. The summed E-state index contributed by atoms with van der Waals surface area (Å²) in [6.45, 7) is 3.19. The van der Waals surface area contributed by atoms with Gasteiger partial charge in [0.1, 0.15) is 0 Å². The van der Waals surface area contributed by atoms with Crippen molar-refractivity contribution in [3.8, 4) is 0 Å². The number of rotatable bonds is 5. The maximum Gasteiger partial charge on any atom is 0.0410 e. The molecule has 2 heteroatoms. The number of aryl methyl sites for hydroxylation is 1. The molecular formula is C18H22N2. The van der Waals surface area contributed by atoms with Gasteiger partial charge in [0.25, 0.3) is 0 Å². The first-order chi connectivity index (χ1) is 9.74. The van der Waals surface area contributed by atoms with Crippen molar-refractivity contribution in [1.82, 2.24) is 5.32 Å². The van der Waals surface area contributed by atoms with Gasteiger partial charge in [-0.15, -0.1) is 0 Å². The molecule has 1 N–H and O–H groups in total. The molecule has 2 aromatic rings. The third-order valence-corrected chi connectivity index (χ3v) is 4.02. The Morgan fingerprint density at radius 1 is 1.05 bits per heavy atom. The summed E-state index contributed by atoms with van der Waals surface area (Å²) in [6, 6.07) is 18.0. The highest BCUT2D eigenvalue weighted by atomic mass is 15.1. The van der Waals surface area contributed by atoms with Crippen molar-refractivity contribution in [3.05, 3.63) is 59.7 Å². The summed E-state index contributed by atoms with van der Waals surface area (Å²) in [5, 5.41) is 3.58. The van der Waals surface area contributed by atoms with Crippen molar-refractivity contribution in [2.45, 2.75) is 32.4 Å². The zero-order valence-corrected chi connectivity index (χ0v) is 12.3. The number of hydrogen-bond donors (Lipinski definition) is 1. The van der Waals surface area contributed by atoms with Crippen LogP contribution < -0.4 is 10.2 Å². The van der Waals surface area contributed by atoms with Crippen molar-refractivity contribution < 1.29 is 0 Å². The summed E-state index contributed by atoms with van der Waals surface area (Å²) in [7, 11) is 2.12. The van der Waals surface area contributed by atoms with Gasteiger partial charge in [0.2, 0.25) is 0 Å². The van der Waals surface area contributed by atoms with E-state index in [0.29, 0.717) is 0 Å². The topological polar surface area (TPSA) is 15.3 Å². The Balaban J connectivity index is 1.75. The van der Waals surface area contributed by atoms with Crippen LogP contribution in [0.3, 0.4) is 0 Å². The lowest BCUT2D eigenvalue weighted by Gasteiger charge is -2.21. The van der Waals surface area contributed by atoms with Crippen LogP contribution >= 0.6 is 0 Å². The van der Waals surface area contributed by atoms with E-state index in [1.54, 1.807) is 0 Å². The van der Waals surface area contributed by atoms with Crippen LogP contribution in [0.1, 0.15) is 24.0 Å². The molecule has 0 atom stereocenters. The minimum atomic E-state index is 0.765. The predicted molar refractivity (Wildman–Crippen MR) is 85.5 cm³/mol. The van der Waals surface area contributed by atoms with E-state index in [2.05, 4.69) is 72.7 Å². The van der Waals surface area contributed by atoms with Gasteiger partial charge in [-0.25, -0.2) is 0 Å². The Morgan fingerprint density at radius 3 is 2.45 bits per heavy atom. The maximum absolute atomic E-state index is 3.58. The van der Waals surface area contributed by atoms with Crippen LogP contribution in [0, 0.1) is 6.92 Å². The average molecular weight is 266 g/mol. The predicted octanol–water partition coefficient (Wildman–Crippen LogP) is 4.01. The lowest BCUT2D eigenvalue weighted by atomic mass is 10.1. The van der Waals surface area contributed by atoms with Gasteiger partial charge in [-0.05, 0) is 55.2 Å². The summed E-state index contributed by atoms with van der Waals surface area (Å²) >= 11 is 0. The molecule has 0 spiro atoms. The van der Waals surface area contributed by atoms with Crippen LogP contribution in [-0.4, -0.2) is 13.1 Å². The Hall–Kier alpha value is -1.80. The van der Waals surface area contributed by atoms with Crippen molar-refractivity contribution >= 4 is 11.4 Å². The summed E-state index contributed by atoms with van der Waals surface area (Å²) in [5.41, 5.74) is 5.22. The standard InChI is InChI=1S/C18H22N2/c1-14-12-18(20(2)17-6-4-3-5-7-17)11-8-15(14)13-19-16-9-10-16/h3-8,11-12,16,19H,9-10,13H2,1-2H3. The highest BCUT2D eigenvalue weighted by molar-refractivity contribution is 5.63. The van der Waals surface area contributed by atoms with E-state index < -0.39 is 0 Å². The molecule has 1 aliphatic carbocycles. The van der Waals surface area contributed by atoms with E-state index >= 15 is 0 Å². The molecule has 1 saturated carbocycles. The lowest BCUT2D eigenvalue weighted by Crippen LogP contribution is -2.16. The van der Waals surface area contributed by atoms with Crippen molar-refractivity contribution in [3.63, 3.8) is 0 Å². The van der Waals surface area contributed by atoms with Gasteiger partial charge in [0, 0.05) is 31.0 Å². The smallest absolute Gasteiger partial charge is 0.0410 e. The molecular weight excluding hydrogens is 244 g/mol. The van der Waals surface area contributed by atoms with E-state index in [4.69, 9.17) is 0 Å². The van der Waals surface area contributed by atoms with Crippen molar-refractivity contribution in [2.75, 3.05) is 11.9 Å². The summed E-state index contributed by atoms with van der Waals surface area (Å²) < 4.78 is 0. The van der Waals surface area contributed by atoms with Crippen LogP contribution in [-0.2, 0) is 6.54 Å². The Bertz CT molecular complexity index is 573. The first-order valence-electron chi connectivity index (χ1n) is 7.36. The second-order valence-electron chi connectivity index (χ2n) is 5.66. The van der Waals surface area contributed by atoms with E-state index in [-0.39, 0.29) is 0 Å². The van der Waals surface area contributed by atoms with Crippen LogP contribution in [0.2, 0.25) is 0 Å². The fourth-order valence-corrected chi connectivity index (χ4v) is 2.43. The normalized spacial score (nSPS) is 14.3. The molecule has 1 aliphatic rings. The molecule has 20 heavy (non-hydrogen) atoms. The van der Waals surface area contributed by atoms with Crippen molar-refractivity contribution in [2.24, 2.45) is 0 Å². The van der Waals surface area contributed by atoms with E-state index in [0.717, 1.165) is 12.6 Å².